The highest BCUT2D eigenvalue weighted by molar-refractivity contribution is 7.89. The molecule has 3 aliphatic rings. The van der Waals surface area contributed by atoms with E-state index < -0.39 is 15.4 Å². The van der Waals surface area contributed by atoms with Crippen LogP contribution in [0, 0.1) is 25.1 Å². The number of nitrogens with zero attached hydrogens (tertiary/aromatic N) is 5. The number of aromatic nitrogens is 2. The van der Waals surface area contributed by atoms with Gasteiger partial charge in [0.15, 0.2) is 0 Å². The number of hydrogen-bond donors (Lipinski definition) is 0. The van der Waals surface area contributed by atoms with Gasteiger partial charge in [0.2, 0.25) is 15.9 Å². The first-order chi connectivity index (χ1) is 21.5. The van der Waals surface area contributed by atoms with Gasteiger partial charge >= 0.3 is 6.01 Å². The van der Waals surface area contributed by atoms with Gasteiger partial charge in [-0.15, -0.1) is 0 Å². The summed E-state index contributed by atoms with van der Waals surface area (Å²) >= 11 is 0. The normalized spacial score (nSPS) is 21.9. The van der Waals surface area contributed by atoms with E-state index in [1.807, 2.05) is 13.1 Å². The molecule has 3 fully saturated rings. The smallest absolute Gasteiger partial charge is 0.318 e. The first-order valence-corrected chi connectivity index (χ1v) is 16.9. The third-order valence-corrected chi connectivity index (χ3v) is 12.0. The van der Waals surface area contributed by atoms with Gasteiger partial charge in [-0.3, -0.25) is 4.79 Å². The van der Waals surface area contributed by atoms with Gasteiger partial charge in [0.1, 0.15) is 24.0 Å². The minimum atomic E-state index is -3.75. The van der Waals surface area contributed by atoms with Gasteiger partial charge in [-0.05, 0) is 86.6 Å². The minimum Gasteiger partial charge on any atom is -0.497 e. The molecule has 1 unspecified atom stereocenters. The van der Waals surface area contributed by atoms with E-state index in [0.29, 0.717) is 73.0 Å². The van der Waals surface area contributed by atoms with Gasteiger partial charge in [-0.1, -0.05) is 12.1 Å². The van der Waals surface area contributed by atoms with E-state index in [0.717, 1.165) is 12.0 Å². The van der Waals surface area contributed by atoms with Crippen LogP contribution < -0.4 is 14.4 Å². The number of halogens is 1. The molecule has 45 heavy (non-hydrogen) atoms. The predicted octanol–water partition coefficient (Wildman–Crippen LogP) is 4.32. The molecular weight excluding hydrogens is 597 g/mol. The van der Waals surface area contributed by atoms with Crippen LogP contribution in [0.25, 0.3) is 0 Å². The van der Waals surface area contributed by atoms with E-state index in [1.165, 1.54) is 16.4 Å². The van der Waals surface area contributed by atoms with Crippen molar-refractivity contribution in [1.29, 1.82) is 0 Å². The Labute approximate surface area is 264 Å². The summed E-state index contributed by atoms with van der Waals surface area (Å²) in [6, 6.07) is 11.7. The summed E-state index contributed by atoms with van der Waals surface area (Å²) in [5.41, 5.74) is 1.74. The number of benzene rings is 2. The maximum absolute atomic E-state index is 13.8. The summed E-state index contributed by atoms with van der Waals surface area (Å²) < 4.78 is 54.1. The highest BCUT2D eigenvalue weighted by Crippen LogP contribution is 2.50. The van der Waals surface area contributed by atoms with Gasteiger partial charge in [0.25, 0.3) is 0 Å². The molecule has 1 spiro atoms. The summed E-state index contributed by atoms with van der Waals surface area (Å²) in [7, 11) is -0.348. The lowest BCUT2D eigenvalue weighted by Gasteiger charge is -2.41. The predicted molar refractivity (Wildman–Crippen MR) is 168 cm³/mol. The number of amides is 1. The van der Waals surface area contributed by atoms with E-state index in [-0.39, 0.29) is 36.3 Å². The van der Waals surface area contributed by atoms with Crippen LogP contribution >= 0.6 is 0 Å². The second kappa shape index (κ2) is 12.2. The molecule has 0 radical (unpaired) electrons. The lowest BCUT2D eigenvalue weighted by Crippen LogP contribution is -2.46. The van der Waals surface area contributed by atoms with Crippen molar-refractivity contribution in [3.05, 3.63) is 71.2 Å². The maximum atomic E-state index is 13.8. The zero-order valence-electron chi connectivity index (χ0n) is 26.2. The molecule has 0 N–H and O–H groups in total. The van der Waals surface area contributed by atoms with Gasteiger partial charge in [0.05, 0.1) is 23.5 Å². The van der Waals surface area contributed by atoms with Crippen LogP contribution in [-0.2, 0) is 14.8 Å². The number of hydrogen-bond acceptors (Lipinski definition) is 8. The summed E-state index contributed by atoms with van der Waals surface area (Å²) in [5.74, 6) is 1.18. The second-order valence-corrected chi connectivity index (χ2v) is 14.3. The molecule has 0 aliphatic carbocycles. The molecule has 2 aromatic carbocycles. The van der Waals surface area contributed by atoms with Gasteiger partial charge in [0, 0.05) is 45.3 Å². The van der Waals surface area contributed by atoms with Crippen molar-refractivity contribution < 1.29 is 27.1 Å². The first-order valence-electron chi connectivity index (χ1n) is 15.4. The number of carbonyl (C=O) groups excluding carboxylic acids is 1. The van der Waals surface area contributed by atoms with Crippen LogP contribution in [0.5, 0.6) is 11.8 Å². The third kappa shape index (κ3) is 5.74. The standard InChI is InChI=1S/C33H40FN5O5S/c1-22-18-27(43-4)19-23(2)30(22)45(41,42)39-15-5-6-26(39)21-44-32-35-14-11-29(36-32)38-16-12-33(13-17-38)28(20-37(3)31(33)40)24-7-9-25(34)10-8-24/h7-11,14,18-19,26,28H,5-6,12-13,15-17,20-21H2,1-4H3/t26-,28?/m0/s1. The van der Waals surface area contributed by atoms with Gasteiger partial charge < -0.3 is 19.3 Å². The second-order valence-electron chi connectivity index (χ2n) is 12.4. The topological polar surface area (TPSA) is 105 Å². The molecule has 0 saturated carbocycles. The molecule has 3 aromatic rings. The van der Waals surface area contributed by atoms with Crippen LogP contribution in [0.4, 0.5) is 10.2 Å². The van der Waals surface area contributed by atoms with Crippen molar-refractivity contribution in [3.63, 3.8) is 0 Å². The van der Waals surface area contributed by atoms with Crippen molar-refractivity contribution in [3.8, 4) is 11.8 Å². The van der Waals surface area contributed by atoms with Crippen molar-refractivity contribution in [2.24, 2.45) is 5.41 Å². The number of aryl methyl sites for hydroxylation is 2. The number of piperidine rings is 1. The SMILES string of the molecule is COc1cc(C)c(S(=O)(=O)N2CCC[C@H]2COc2nccc(N3CCC4(CC3)C(=O)N(C)CC4c3ccc(F)cc3)n2)c(C)c1. The van der Waals surface area contributed by atoms with Crippen molar-refractivity contribution in [2.45, 2.75) is 56.4 Å². The van der Waals surface area contributed by atoms with Crippen molar-refractivity contribution in [2.75, 3.05) is 51.8 Å². The Balaban J connectivity index is 1.13. The maximum Gasteiger partial charge on any atom is 0.318 e. The van der Waals surface area contributed by atoms with Crippen LogP contribution in [0.2, 0.25) is 0 Å². The van der Waals surface area contributed by atoms with Crippen LogP contribution in [0.3, 0.4) is 0 Å². The quantitative estimate of drug-likeness (QED) is 0.360. The highest BCUT2D eigenvalue weighted by Gasteiger charge is 2.54. The molecule has 4 heterocycles. The summed E-state index contributed by atoms with van der Waals surface area (Å²) in [6.45, 7) is 6.00. The Morgan fingerprint density at radius 2 is 1.73 bits per heavy atom. The number of likely N-dealkylation sites (N-methyl/N-ethyl adjacent to an activating group) is 1. The number of ether oxygens (including phenoxy) is 2. The van der Waals surface area contributed by atoms with Crippen LogP contribution in [-0.4, -0.2) is 86.5 Å². The minimum absolute atomic E-state index is 0.00169. The fraction of sp³-hybridized carbons (Fsp3) is 0.485. The fourth-order valence-electron chi connectivity index (χ4n) is 7.47. The summed E-state index contributed by atoms with van der Waals surface area (Å²) in [5, 5.41) is 0. The average molecular weight is 638 g/mol. The Morgan fingerprint density at radius 3 is 2.40 bits per heavy atom. The molecule has 6 rings (SSSR count). The van der Waals surface area contributed by atoms with Crippen LogP contribution in [0.1, 0.15) is 48.3 Å². The van der Waals surface area contributed by atoms with E-state index >= 15 is 0 Å². The zero-order chi connectivity index (χ0) is 31.9. The Hall–Kier alpha value is -3.77. The third-order valence-electron chi connectivity index (χ3n) is 9.73. The van der Waals surface area contributed by atoms with E-state index in [9.17, 15) is 17.6 Å². The Morgan fingerprint density at radius 1 is 1.04 bits per heavy atom. The number of methoxy groups -OCH3 is 1. The number of rotatable bonds is 8. The Kier molecular flexibility index (Phi) is 8.47. The molecular formula is C33H40FN5O5S. The van der Waals surface area contributed by atoms with E-state index in [4.69, 9.17) is 9.47 Å². The van der Waals surface area contributed by atoms with Crippen LogP contribution in [0.15, 0.2) is 53.6 Å². The molecule has 12 heteroatoms. The number of carbonyl (C=O) groups is 1. The lowest BCUT2D eigenvalue weighted by atomic mass is 9.68. The summed E-state index contributed by atoms with van der Waals surface area (Å²) in [4.78, 5) is 26.6. The molecule has 2 atom stereocenters. The number of likely N-dealkylation sites (tertiary alicyclic amines) is 1. The Bertz CT molecular complexity index is 1650. The largest absolute Gasteiger partial charge is 0.497 e. The van der Waals surface area contributed by atoms with Crippen molar-refractivity contribution >= 4 is 21.7 Å². The van der Waals surface area contributed by atoms with Gasteiger partial charge in [-0.2, -0.15) is 9.29 Å². The molecule has 1 amide bonds. The monoisotopic (exact) mass is 637 g/mol. The number of anilines is 1. The molecule has 0 bridgehead atoms. The van der Waals surface area contributed by atoms with Gasteiger partial charge in [-0.25, -0.2) is 17.8 Å². The molecule has 3 saturated heterocycles. The number of sulfonamides is 1. The average Bonchev–Trinajstić information content (AvgIpc) is 3.60. The fourth-order valence-corrected chi connectivity index (χ4v) is 9.56. The first kappa shape index (κ1) is 31.2. The molecule has 1 aromatic heterocycles. The van der Waals surface area contributed by atoms with E-state index in [1.54, 1.807) is 56.3 Å². The lowest BCUT2D eigenvalue weighted by molar-refractivity contribution is -0.136. The zero-order valence-corrected chi connectivity index (χ0v) is 27.0. The molecule has 3 aliphatic heterocycles. The highest BCUT2D eigenvalue weighted by atomic mass is 32.2. The molecule has 240 valence electrons. The van der Waals surface area contributed by atoms with Crippen molar-refractivity contribution in [1.82, 2.24) is 19.2 Å². The molecule has 10 nitrogen and oxygen atoms in total. The van der Waals surface area contributed by atoms with E-state index in [2.05, 4.69) is 14.9 Å². The summed E-state index contributed by atoms with van der Waals surface area (Å²) in [6.07, 6.45) is 4.37.